The number of hydrogen-bond acceptors (Lipinski definition) is 3. The molecule has 1 aliphatic carbocycles. The summed E-state index contributed by atoms with van der Waals surface area (Å²) in [5, 5.41) is 6.99. The molecule has 0 fully saturated rings. The molecule has 2 aromatic rings. The zero-order valence-electron chi connectivity index (χ0n) is 13.1. The summed E-state index contributed by atoms with van der Waals surface area (Å²) in [4.78, 5) is 24.6. The SMILES string of the molecule is Cc1ccc(F)cc1NC(=O)C(C)n1nc2c(cc1=O)CCC2. The number of aryl methyl sites for hydroxylation is 3. The van der Waals surface area contributed by atoms with E-state index in [1.54, 1.807) is 26.0 Å². The fourth-order valence-electron chi connectivity index (χ4n) is 2.77. The highest BCUT2D eigenvalue weighted by molar-refractivity contribution is 5.94. The quantitative estimate of drug-likeness (QED) is 0.946. The number of anilines is 1. The van der Waals surface area contributed by atoms with Crippen molar-refractivity contribution in [1.29, 1.82) is 0 Å². The molecule has 120 valence electrons. The van der Waals surface area contributed by atoms with Crippen LogP contribution in [-0.4, -0.2) is 15.7 Å². The molecule has 5 nitrogen and oxygen atoms in total. The van der Waals surface area contributed by atoms with Crippen molar-refractivity contribution in [3.8, 4) is 0 Å². The van der Waals surface area contributed by atoms with E-state index in [1.807, 2.05) is 0 Å². The Balaban J connectivity index is 1.85. The topological polar surface area (TPSA) is 64.0 Å². The van der Waals surface area contributed by atoms with Gasteiger partial charge >= 0.3 is 0 Å². The van der Waals surface area contributed by atoms with Crippen molar-refractivity contribution < 1.29 is 9.18 Å². The monoisotopic (exact) mass is 315 g/mol. The van der Waals surface area contributed by atoms with Crippen LogP contribution in [-0.2, 0) is 17.6 Å². The van der Waals surface area contributed by atoms with E-state index < -0.39 is 17.8 Å². The molecule has 1 amide bonds. The lowest BCUT2D eigenvalue weighted by atomic mass is 10.2. The number of benzene rings is 1. The van der Waals surface area contributed by atoms with Gasteiger partial charge in [0.05, 0.1) is 5.69 Å². The standard InChI is InChI=1S/C17H18FN3O2/c1-10-6-7-13(18)9-15(10)19-17(23)11(2)21-16(22)8-12-4-3-5-14(12)20-21/h6-9,11H,3-5H2,1-2H3,(H,19,23). The van der Waals surface area contributed by atoms with Crippen LogP contribution >= 0.6 is 0 Å². The fourth-order valence-corrected chi connectivity index (χ4v) is 2.77. The van der Waals surface area contributed by atoms with Crippen molar-refractivity contribution >= 4 is 11.6 Å². The van der Waals surface area contributed by atoms with Crippen LogP contribution in [0.25, 0.3) is 0 Å². The predicted molar refractivity (Wildman–Crippen MR) is 85.0 cm³/mol. The van der Waals surface area contributed by atoms with Crippen LogP contribution < -0.4 is 10.9 Å². The van der Waals surface area contributed by atoms with E-state index in [0.717, 1.165) is 36.1 Å². The van der Waals surface area contributed by atoms with Gasteiger partial charge in [-0.2, -0.15) is 5.10 Å². The molecule has 1 unspecified atom stereocenters. The molecule has 1 aliphatic rings. The zero-order valence-corrected chi connectivity index (χ0v) is 13.1. The molecule has 1 aromatic carbocycles. The number of fused-ring (bicyclic) bond motifs is 1. The van der Waals surface area contributed by atoms with Gasteiger partial charge in [0.1, 0.15) is 11.9 Å². The number of amides is 1. The smallest absolute Gasteiger partial charge is 0.267 e. The third kappa shape index (κ3) is 3.02. The van der Waals surface area contributed by atoms with Gasteiger partial charge in [-0.3, -0.25) is 9.59 Å². The molecular formula is C17H18FN3O2. The largest absolute Gasteiger partial charge is 0.324 e. The number of nitrogens with one attached hydrogen (secondary N) is 1. The van der Waals surface area contributed by atoms with E-state index in [-0.39, 0.29) is 5.56 Å². The number of aromatic nitrogens is 2. The minimum Gasteiger partial charge on any atom is -0.324 e. The molecule has 0 aliphatic heterocycles. The van der Waals surface area contributed by atoms with Crippen LogP contribution in [0.4, 0.5) is 10.1 Å². The van der Waals surface area contributed by atoms with Crippen molar-refractivity contribution in [2.45, 2.75) is 39.2 Å². The summed E-state index contributed by atoms with van der Waals surface area (Å²) in [7, 11) is 0. The molecule has 0 saturated heterocycles. The number of hydrogen-bond donors (Lipinski definition) is 1. The van der Waals surface area contributed by atoms with Crippen LogP contribution in [0.2, 0.25) is 0 Å². The summed E-state index contributed by atoms with van der Waals surface area (Å²) in [5.74, 6) is -0.822. The minimum atomic E-state index is -0.768. The Hall–Kier alpha value is -2.50. The summed E-state index contributed by atoms with van der Waals surface area (Å²) < 4.78 is 14.5. The Morgan fingerprint density at radius 2 is 2.13 bits per heavy atom. The maximum absolute atomic E-state index is 13.3. The van der Waals surface area contributed by atoms with Gasteiger partial charge in [-0.1, -0.05) is 6.07 Å². The minimum absolute atomic E-state index is 0.288. The lowest BCUT2D eigenvalue weighted by molar-refractivity contribution is -0.119. The summed E-state index contributed by atoms with van der Waals surface area (Å²) in [5.41, 5.74) is 2.72. The predicted octanol–water partition coefficient (Wildman–Crippen LogP) is 2.38. The van der Waals surface area contributed by atoms with Gasteiger partial charge in [-0.15, -0.1) is 0 Å². The first-order chi connectivity index (χ1) is 11.0. The molecule has 23 heavy (non-hydrogen) atoms. The molecule has 1 atom stereocenters. The van der Waals surface area contributed by atoms with Gasteiger partial charge in [0, 0.05) is 11.8 Å². The van der Waals surface area contributed by atoms with Gasteiger partial charge in [0.2, 0.25) is 5.91 Å². The Morgan fingerprint density at radius 3 is 2.91 bits per heavy atom. The first-order valence-electron chi connectivity index (χ1n) is 7.64. The fraction of sp³-hybridized carbons (Fsp3) is 0.353. The number of rotatable bonds is 3. The highest BCUT2D eigenvalue weighted by Gasteiger charge is 2.21. The molecule has 1 heterocycles. The maximum atomic E-state index is 13.3. The van der Waals surface area contributed by atoms with E-state index in [2.05, 4.69) is 10.4 Å². The summed E-state index contributed by atoms with van der Waals surface area (Å²) in [6.07, 6.45) is 2.67. The molecule has 0 spiro atoms. The van der Waals surface area contributed by atoms with E-state index in [0.29, 0.717) is 5.69 Å². The third-order valence-corrected chi connectivity index (χ3v) is 4.19. The Morgan fingerprint density at radius 1 is 1.35 bits per heavy atom. The zero-order chi connectivity index (χ0) is 16.6. The molecule has 1 aromatic heterocycles. The molecule has 0 radical (unpaired) electrons. The van der Waals surface area contributed by atoms with Crippen LogP contribution in [0.1, 0.15) is 36.2 Å². The second-order valence-corrected chi connectivity index (χ2v) is 5.88. The number of carbonyl (C=O) groups excluding carboxylic acids is 1. The first-order valence-corrected chi connectivity index (χ1v) is 7.64. The summed E-state index contributed by atoms with van der Waals surface area (Å²) >= 11 is 0. The second kappa shape index (κ2) is 5.95. The molecular weight excluding hydrogens is 297 g/mol. The summed E-state index contributed by atoms with van der Waals surface area (Å²) in [6, 6.07) is 4.98. The highest BCUT2D eigenvalue weighted by Crippen LogP contribution is 2.20. The van der Waals surface area contributed by atoms with Crippen LogP contribution in [0.15, 0.2) is 29.1 Å². The highest BCUT2D eigenvalue weighted by atomic mass is 19.1. The Labute approximate surface area is 133 Å². The van der Waals surface area contributed by atoms with Crippen molar-refractivity contribution in [1.82, 2.24) is 9.78 Å². The van der Waals surface area contributed by atoms with Crippen LogP contribution in [0.3, 0.4) is 0 Å². The van der Waals surface area contributed by atoms with Gasteiger partial charge in [0.25, 0.3) is 5.56 Å². The molecule has 3 rings (SSSR count). The normalized spacial score (nSPS) is 14.4. The Bertz CT molecular complexity index is 829. The number of carbonyl (C=O) groups is 1. The maximum Gasteiger partial charge on any atom is 0.267 e. The average Bonchev–Trinajstić information content (AvgIpc) is 2.96. The van der Waals surface area contributed by atoms with Gasteiger partial charge in [-0.25, -0.2) is 9.07 Å². The number of halogens is 1. The summed E-state index contributed by atoms with van der Waals surface area (Å²) in [6.45, 7) is 3.39. The van der Waals surface area contributed by atoms with E-state index in [1.165, 1.54) is 16.8 Å². The molecule has 1 N–H and O–H groups in total. The Kier molecular flexibility index (Phi) is 3.98. The number of nitrogens with zero attached hydrogens (tertiary/aromatic N) is 2. The molecule has 6 heteroatoms. The van der Waals surface area contributed by atoms with Crippen molar-refractivity contribution in [2.75, 3.05) is 5.32 Å². The second-order valence-electron chi connectivity index (χ2n) is 5.88. The van der Waals surface area contributed by atoms with Crippen molar-refractivity contribution in [3.05, 3.63) is 57.3 Å². The van der Waals surface area contributed by atoms with Crippen molar-refractivity contribution in [2.24, 2.45) is 0 Å². The van der Waals surface area contributed by atoms with Gasteiger partial charge in [-0.05, 0) is 56.4 Å². The molecule has 0 bridgehead atoms. The van der Waals surface area contributed by atoms with Crippen LogP contribution in [0, 0.1) is 12.7 Å². The average molecular weight is 315 g/mol. The lowest BCUT2D eigenvalue weighted by Gasteiger charge is -2.16. The van der Waals surface area contributed by atoms with Crippen molar-refractivity contribution in [3.63, 3.8) is 0 Å². The first kappa shape index (κ1) is 15.4. The third-order valence-electron chi connectivity index (χ3n) is 4.19. The molecule has 0 saturated carbocycles. The van der Waals surface area contributed by atoms with E-state index >= 15 is 0 Å². The van der Waals surface area contributed by atoms with Gasteiger partial charge < -0.3 is 5.32 Å². The van der Waals surface area contributed by atoms with E-state index in [4.69, 9.17) is 0 Å². The van der Waals surface area contributed by atoms with E-state index in [9.17, 15) is 14.0 Å². The van der Waals surface area contributed by atoms with Crippen LogP contribution in [0.5, 0.6) is 0 Å². The lowest BCUT2D eigenvalue weighted by Crippen LogP contribution is -2.34. The van der Waals surface area contributed by atoms with Gasteiger partial charge in [0.15, 0.2) is 0 Å².